The Hall–Kier alpha value is -1.18. The predicted octanol–water partition coefficient (Wildman–Crippen LogP) is 3.89. The van der Waals surface area contributed by atoms with Crippen LogP contribution in [-0.2, 0) is 0 Å². The second kappa shape index (κ2) is 4.73. The van der Waals surface area contributed by atoms with Crippen LogP contribution in [0.15, 0.2) is 24.3 Å². The smallest absolute Gasteiger partial charge is 0.0602 e. The van der Waals surface area contributed by atoms with Crippen molar-refractivity contribution in [2.45, 2.75) is 44.6 Å². The van der Waals surface area contributed by atoms with Crippen molar-refractivity contribution in [3.63, 3.8) is 0 Å². The van der Waals surface area contributed by atoms with E-state index in [1.54, 1.807) is 0 Å². The Bertz CT molecular complexity index is 430. The summed E-state index contributed by atoms with van der Waals surface area (Å²) in [7, 11) is 0. The van der Waals surface area contributed by atoms with Gasteiger partial charge in [0.2, 0.25) is 0 Å². The summed E-state index contributed by atoms with van der Waals surface area (Å²) in [6.07, 6.45) is 8.48. The average molecular weight is 256 g/mol. The molecule has 3 aliphatic rings. The van der Waals surface area contributed by atoms with E-state index in [-0.39, 0.29) is 0 Å². The molecular formula is C17H24N2. The first kappa shape index (κ1) is 11.6. The lowest BCUT2D eigenvalue weighted by atomic mass is 10.1. The van der Waals surface area contributed by atoms with Gasteiger partial charge in [0, 0.05) is 19.1 Å². The molecular weight excluding hydrogens is 232 g/mol. The molecule has 0 unspecified atom stereocenters. The van der Waals surface area contributed by atoms with Crippen molar-refractivity contribution >= 4 is 11.4 Å². The fourth-order valence-electron chi connectivity index (χ4n) is 3.54. The molecule has 1 aliphatic heterocycles. The first-order chi connectivity index (χ1) is 9.42. The fourth-order valence-corrected chi connectivity index (χ4v) is 3.54. The Labute approximate surface area is 116 Å². The van der Waals surface area contributed by atoms with Crippen molar-refractivity contribution in [1.29, 1.82) is 0 Å². The van der Waals surface area contributed by atoms with Crippen LogP contribution in [-0.4, -0.2) is 19.1 Å². The molecule has 0 atom stereocenters. The highest BCUT2D eigenvalue weighted by Crippen LogP contribution is 2.46. The lowest BCUT2D eigenvalue weighted by Gasteiger charge is -2.26. The second-order valence-electron chi connectivity index (χ2n) is 6.56. The Morgan fingerprint density at radius 1 is 0.947 bits per heavy atom. The first-order valence-electron chi connectivity index (χ1n) is 8.02. The average Bonchev–Trinajstić information content (AvgIpc) is 3.37. The quantitative estimate of drug-likeness (QED) is 0.860. The molecule has 1 N–H and O–H groups in total. The SMILES string of the molecule is c1ccc(N2CCCC2)c(NC(C2CC2)C2CC2)c1. The molecule has 102 valence electrons. The molecule has 0 radical (unpaired) electrons. The Morgan fingerprint density at radius 3 is 2.21 bits per heavy atom. The van der Waals surface area contributed by atoms with Gasteiger partial charge in [-0.1, -0.05) is 12.1 Å². The van der Waals surface area contributed by atoms with Crippen molar-refractivity contribution in [2.75, 3.05) is 23.3 Å². The molecule has 1 saturated heterocycles. The summed E-state index contributed by atoms with van der Waals surface area (Å²) in [5.41, 5.74) is 2.82. The van der Waals surface area contributed by atoms with E-state index in [4.69, 9.17) is 0 Å². The van der Waals surface area contributed by atoms with Crippen LogP contribution in [0, 0.1) is 11.8 Å². The molecule has 1 aromatic carbocycles. The van der Waals surface area contributed by atoms with Gasteiger partial charge in [0.05, 0.1) is 11.4 Å². The van der Waals surface area contributed by atoms with Crippen LogP contribution in [0.1, 0.15) is 38.5 Å². The van der Waals surface area contributed by atoms with Gasteiger partial charge in [-0.25, -0.2) is 0 Å². The topological polar surface area (TPSA) is 15.3 Å². The number of hydrogen-bond acceptors (Lipinski definition) is 2. The van der Waals surface area contributed by atoms with Crippen molar-refractivity contribution in [3.8, 4) is 0 Å². The highest BCUT2D eigenvalue weighted by molar-refractivity contribution is 5.70. The first-order valence-corrected chi connectivity index (χ1v) is 8.02. The zero-order valence-corrected chi connectivity index (χ0v) is 11.6. The molecule has 1 heterocycles. The maximum atomic E-state index is 3.91. The van der Waals surface area contributed by atoms with Gasteiger partial charge in [-0.05, 0) is 62.5 Å². The summed E-state index contributed by atoms with van der Waals surface area (Å²) in [5.74, 6) is 1.92. The molecule has 0 spiro atoms. The largest absolute Gasteiger partial charge is 0.380 e. The van der Waals surface area contributed by atoms with Crippen molar-refractivity contribution in [2.24, 2.45) is 11.8 Å². The third-order valence-electron chi connectivity index (χ3n) is 4.93. The minimum Gasteiger partial charge on any atom is -0.380 e. The molecule has 0 aromatic heterocycles. The molecule has 4 rings (SSSR count). The Balaban J connectivity index is 1.55. The zero-order valence-electron chi connectivity index (χ0n) is 11.6. The monoisotopic (exact) mass is 256 g/mol. The summed E-state index contributed by atoms with van der Waals surface area (Å²) in [4.78, 5) is 2.55. The van der Waals surface area contributed by atoms with Gasteiger partial charge in [-0.15, -0.1) is 0 Å². The standard InChI is InChI=1S/C17H24N2/c1-2-6-16(19-11-3-4-12-19)15(5-1)18-17(13-7-8-13)14-9-10-14/h1-2,5-6,13-14,17-18H,3-4,7-12H2. The zero-order chi connectivity index (χ0) is 12.7. The molecule has 3 fully saturated rings. The van der Waals surface area contributed by atoms with Crippen LogP contribution in [0.3, 0.4) is 0 Å². The molecule has 0 amide bonds. The van der Waals surface area contributed by atoms with E-state index in [1.807, 2.05) is 0 Å². The van der Waals surface area contributed by atoms with E-state index in [9.17, 15) is 0 Å². The fraction of sp³-hybridized carbons (Fsp3) is 0.647. The highest BCUT2D eigenvalue weighted by Gasteiger charge is 2.41. The lowest BCUT2D eigenvalue weighted by molar-refractivity contribution is 0.568. The van der Waals surface area contributed by atoms with E-state index < -0.39 is 0 Å². The second-order valence-corrected chi connectivity index (χ2v) is 6.56. The third kappa shape index (κ3) is 2.45. The number of anilines is 2. The summed E-state index contributed by atoms with van der Waals surface area (Å²) in [6.45, 7) is 2.46. The number of benzene rings is 1. The van der Waals surface area contributed by atoms with Crippen LogP contribution in [0.5, 0.6) is 0 Å². The van der Waals surface area contributed by atoms with Crippen molar-refractivity contribution in [1.82, 2.24) is 0 Å². The van der Waals surface area contributed by atoms with Crippen LogP contribution in [0.2, 0.25) is 0 Å². The van der Waals surface area contributed by atoms with Gasteiger partial charge in [-0.3, -0.25) is 0 Å². The predicted molar refractivity (Wildman–Crippen MR) is 80.7 cm³/mol. The van der Waals surface area contributed by atoms with E-state index in [0.717, 1.165) is 17.9 Å². The number of para-hydroxylation sites is 2. The molecule has 2 saturated carbocycles. The third-order valence-corrected chi connectivity index (χ3v) is 4.93. The maximum Gasteiger partial charge on any atom is 0.0602 e. The lowest BCUT2D eigenvalue weighted by Crippen LogP contribution is -2.26. The van der Waals surface area contributed by atoms with Crippen molar-refractivity contribution < 1.29 is 0 Å². The summed E-state index contributed by atoms with van der Waals surface area (Å²) in [5, 5.41) is 3.91. The van der Waals surface area contributed by atoms with Gasteiger partial charge < -0.3 is 10.2 Å². The summed E-state index contributed by atoms with van der Waals surface area (Å²) in [6, 6.07) is 9.69. The molecule has 1 aromatic rings. The molecule has 19 heavy (non-hydrogen) atoms. The van der Waals surface area contributed by atoms with Crippen LogP contribution in [0.25, 0.3) is 0 Å². The molecule has 2 aliphatic carbocycles. The van der Waals surface area contributed by atoms with Crippen LogP contribution < -0.4 is 10.2 Å². The number of rotatable bonds is 5. The van der Waals surface area contributed by atoms with Gasteiger partial charge in [0.25, 0.3) is 0 Å². The molecule has 2 heteroatoms. The van der Waals surface area contributed by atoms with E-state index in [0.29, 0.717) is 0 Å². The molecule has 2 nitrogen and oxygen atoms in total. The van der Waals surface area contributed by atoms with Crippen LogP contribution in [0.4, 0.5) is 11.4 Å². The number of hydrogen-bond donors (Lipinski definition) is 1. The van der Waals surface area contributed by atoms with Gasteiger partial charge in [0.15, 0.2) is 0 Å². The maximum absolute atomic E-state index is 3.91. The normalized spacial score (nSPS) is 23.1. The Morgan fingerprint density at radius 2 is 1.58 bits per heavy atom. The summed E-state index contributed by atoms with van der Waals surface area (Å²) >= 11 is 0. The highest BCUT2D eigenvalue weighted by atomic mass is 15.2. The van der Waals surface area contributed by atoms with E-state index in [1.165, 1.54) is 63.0 Å². The van der Waals surface area contributed by atoms with Gasteiger partial charge in [0.1, 0.15) is 0 Å². The Kier molecular flexibility index (Phi) is 2.90. The minimum atomic E-state index is 0.753. The number of nitrogens with zero attached hydrogens (tertiary/aromatic N) is 1. The van der Waals surface area contributed by atoms with E-state index >= 15 is 0 Å². The van der Waals surface area contributed by atoms with Gasteiger partial charge in [-0.2, -0.15) is 0 Å². The van der Waals surface area contributed by atoms with Gasteiger partial charge >= 0.3 is 0 Å². The van der Waals surface area contributed by atoms with Crippen LogP contribution >= 0.6 is 0 Å². The number of nitrogens with one attached hydrogen (secondary N) is 1. The van der Waals surface area contributed by atoms with Crippen molar-refractivity contribution in [3.05, 3.63) is 24.3 Å². The van der Waals surface area contributed by atoms with E-state index in [2.05, 4.69) is 34.5 Å². The summed E-state index contributed by atoms with van der Waals surface area (Å²) < 4.78 is 0. The molecule has 0 bridgehead atoms. The minimum absolute atomic E-state index is 0.753.